The first-order valence-electron chi connectivity index (χ1n) is 2.99. The maximum Gasteiger partial charge on any atom is 0.0607 e. The van der Waals surface area contributed by atoms with E-state index >= 15 is 0 Å². The topological polar surface area (TPSA) is 26.0 Å². The molecule has 1 aromatic carbocycles. The third kappa shape index (κ3) is 1.88. The summed E-state index contributed by atoms with van der Waals surface area (Å²) in [6, 6.07) is 3.56. The fourth-order valence-corrected chi connectivity index (χ4v) is 1.65. The highest BCUT2D eigenvalue weighted by Crippen LogP contribution is 2.30. The van der Waals surface area contributed by atoms with Crippen LogP contribution in [-0.4, -0.2) is 0 Å². The van der Waals surface area contributed by atoms with Gasteiger partial charge in [0.25, 0.3) is 0 Å². The maximum atomic E-state index is 5.89. The van der Waals surface area contributed by atoms with Crippen molar-refractivity contribution in [3.05, 3.63) is 32.2 Å². The molecule has 0 amide bonds. The molecule has 0 saturated carbocycles. The van der Waals surface area contributed by atoms with E-state index in [1.54, 1.807) is 12.1 Å². The van der Waals surface area contributed by atoms with Gasteiger partial charge in [0, 0.05) is 21.6 Å². The van der Waals surface area contributed by atoms with Crippen LogP contribution in [0.25, 0.3) is 0 Å². The molecule has 60 valence electrons. The fraction of sp³-hybridized carbons (Fsp3) is 0.143. The average Bonchev–Trinajstić information content (AvgIpc) is 1.99. The van der Waals surface area contributed by atoms with Gasteiger partial charge in [-0.1, -0.05) is 23.2 Å². The van der Waals surface area contributed by atoms with Crippen molar-refractivity contribution in [2.45, 2.75) is 6.54 Å². The Morgan fingerprint density at radius 3 is 2.45 bits per heavy atom. The van der Waals surface area contributed by atoms with Gasteiger partial charge < -0.3 is 5.73 Å². The summed E-state index contributed by atoms with van der Waals surface area (Å²) in [5.74, 6) is 0. The molecule has 1 rings (SSSR count). The Kier molecular flexibility index (Phi) is 3.19. The van der Waals surface area contributed by atoms with Gasteiger partial charge in [-0.3, -0.25) is 0 Å². The maximum absolute atomic E-state index is 5.89. The first-order chi connectivity index (χ1) is 5.16. The van der Waals surface area contributed by atoms with Crippen molar-refractivity contribution >= 4 is 39.1 Å². The van der Waals surface area contributed by atoms with Gasteiger partial charge >= 0.3 is 0 Å². The normalized spacial score (nSPS) is 10.2. The minimum absolute atomic E-state index is 0.358. The van der Waals surface area contributed by atoms with Crippen LogP contribution < -0.4 is 5.73 Å². The predicted octanol–water partition coefficient (Wildman–Crippen LogP) is 3.21. The first-order valence-corrected chi connectivity index (χ1v) is 4.54. The van der Waals surface area contributed by atoms with Crippen molar-refractivity contribution in [1.82, 2.24) is 0 Å². The second kappa shape index (κ2) is 3.76. The standard InChI is InChI=1S/C7H6BrCl2N/c8-5-1-2-6(9)4(3-11)7(5)10/h1-2H,3,11H2. The molecule has 2 N–H and O–H groups in total. The highest BCUT2D eigenvalue weighted by Gasteiger charge is 2.06. The third-order valence-corrected chi connectivity index (χ3v) is 3.02. The number of benzene rings is 1. The van der Waals surface area contributed by atoms with Crippen LogP contribution >= 0.6 is 39.1 Å². The van der Waals surface area contributed by atoms with E-state index in [1.807, 2.05) is 0 Å². The van der Waals surface area contributed by atoms with E-state index < -0.39 is 0 Å². The molecule has 1 aromatic rings. The van der Waals surface area contributed by atoms with Crippen LogP contribution in [0.3, 0.4) is 0 Å². The molecule has 1 nitrogen and oxygen atoms in total. The molecule has 0 heterocycles. The molecule has 0 radical (unpaired) electrons. The lowest BCUT2D eigenvalue weighted by Crippen LogP contribution is -1.98. The van der Waals surface area contributed by atoms with Gasteiger partial charge in [-0.15, -0.1) is 0 Å². The summed E-state index contributed by atoms with van der Waals surface area (Å²) in [7, 11) is 0. The molecule has 0 aliphatic rings. The van der Waals surface area contributed by atoms with Gasteiger partial charge in [0.2, 0.25) is 0 Å². The van der Waals surface area contributed by atoms with E-state index in [2.05, 4.69) is 15.9 Å². The van der Waals surface area contributed by atoms with E-state index in [4.69, 9.17) is 28.9 Å². The third-order valence-electron chi connectivity index (χ3n) is 1.34. The Balaban J connectivity index is 3.29. The molecule has 0 atom stereocenters. The quantitative estimate of drug-likeness (QED) is 0.766. The van der Waals surface area contributed by atoms with Gasteiger partial charge in [0.1, 0.15) is 0 Å². The van der Waals surface area contributed by atoms with Crippen molar-refractivity contribution < 1.29 is 0 Å². The summed E-state index contributed by atoms with van der Waals surface area (Å²) in [5, 5.41) is 1.21. The highest BCUT2D eigenvalue weighted by atomic mass is 79.9. The summed E-state index contributed by atoms with van der Waals surface area (Å²) in [6.45, 7) is 0.358. The first kappa shape index (κ1) is 9.33. The van der Waals surface area contributed by atoms with Crippen molar-refractivity contribution in [3.63, 3.8) is 0 Å². The summed E-state index contributed by atoms with van der Waals surface area (Å²) >= 11 is 15.0. The highest BCUT2D eigenvalue weighted by molar-refractivity contribution is 9.10. The summed E-state index contributed by atoms with van der Waals surface area (Å²) < 4.78 is 0.823. The van der Waals surface area contributed by atoms with Crippen molar-refractivity contribution in [3.8, 4) is 0 Å². The fourth-order valence-electron chi connectivity index (χ4n) is 0.756. The van der Waals surface area contributed by atoms with Crippen LogP contribution in [0.5, 0.6) is 0 Å². The van der Waals surface area contributed by atoms with Crippen LogP contribution in [0, 0.1) is 0 Å². The Hall–Kier alpha value is 0.240. The lowest BCUT2D eigenvalue weighted by molar-refractivity contribution is 1.07. The minimum Gasteiger partial charge on any atom is -0.326 e. The molecule has 0 saturated heterocycles. The zero-order valence-electron chi connectivity index (χ0n) is 5.57. The van der Waals surface area contributed by atoms with Crippen LogP contribution in [0.15, 0.2) is 16.6 Å². The zero-order chi connectivity index (χ0) is 8.43. The molecule has 0 aromatic heterocycles. The van der Waals surface area contributed by atoms with Gasteiger partial charge in [-0.25, -0.2) is 0 Å². The van der Waals surface area contributed by atoms with E-state index in [0.29, 0.717) is 16.6 Å². The molecule has 0 bridgehead atoms. The number of halogens is 3. The zero-order valence-corrected chi connectivity index (χ0v) is 8.67. The summed E-state index contributed by atoms with van der Waals surface area (Å²) in [5.41, 5.74) is 6.21. The lowest BCUT2D eigenvalue weighted by Gasteiger charge is -2.04. The Morgan fingerprint density at radius 2 is 2.00 bits per heavy atom. The van der Waals surface area contributed by atoms with Crippen molar-refractivity contribution in [2.75, 3.05) is 0 Å². The second-order valence-electron chi connectivity index (χ2n) is 2.03. The molecule has 0 fully saturated rings. The number of hydrogen-bond acceptors (Lipinski definition) is 1. The Morgan fingerprint density at radius 1 is 1.36 bits per heavy atom. The Labute approximate surface area is 83.6 Å². The largest absolute Gasteiger partial charge is 0.326 e. The molecular formula is C7H6BrCl2N. The molecule has 0 aliphatic heterocycles. The van der Waals surface area contributed by atoms with Crippen molar-refractivity contribution in [1.29, 1.82) is 0 Å². The molecule has 0 spiro atoms. The summed E-state index contributed by atoms with van der Waals surface area (Å²) in [6.07, 6.45) is 0. The van der Waals surface area contributed by atoms with Gasteiger partial charge in [0.05, 0.1) is 5.02 Å². The Bertz CT molecular complexity index is 275. The number of nitrogens with two attached hydrogens (primary N) is 1. The molecule has 0 unspecified atom stereocenters. The van der Waals surface area contributed by atoms with Crippen LogP contribution in [0.1, 0.15) is 5.56 Å². The summed E-state index contributed by atoms with van der Waals surface area (Å²) in [4.78, 5) is 0. The molecule has 0 aliphatic carbocycles. The second-order valence-corrected chi connectivity index (χ2v) is 3.67. The average molecular weight is 255 g/mol. The minimum atomic E-state index is 0.358. The lowest BCUT2D eigenvalue weighted by atomic mass is 10.2. The molecular weight excluding hydrogens is 249 g/mol. The van der Waals surface area contributed by atoms with E-state index in [-0.39, 0.29) is 0 Å². The molecule has 4 heteroatoms. The number of hydrogen-bond donors (Lipinski definition) is 1. The number of rotatable bonds is 1. The molecule has 11 heavy (non-hydrogen) atoms. The van der Waals surface area contributed by atoms with Gasteiger partial charge in [-0.2, -0.15) is 0 Å². The van der Waals surface area contributed by atoms with Crippen LogP contribution in [0.2, 0.25) is 10.0 Å². The predicted molar refractivity (Wildman–Crippen MR) is 52.1 cm³/mol. The van der Waals surface area contributed by atoms with E-state index in [0.717, 1.165) is 10.0 Å². The SMILES string of the molecule is NCc1c(Cl)ccc(Br)c1Cl. The van der Waals surface area contributed by atoms with Gasteiger partial charge in [-0.05, 0) is 28.1 Å². The van der Waals surface area contributed by atoms with Crippen LogP contribution in [-0.2, 0) is 6.54 Å². The van der Waals surface area contributed by atoms with E-state index in [9.17, 15) is 0 Å². The van der Waals surface area contributed by atoms with E-state index in [1.165, 1.54) is 0 Å². The smallest absolute Gasteiger partial charge is 0.0607 e. The van der Waals surface area contributed by atoms with Crippen molar-refractivity contribution in [2.24, 2.45) is 5.73 Å². The van der Waals surface area contributed by atoms with Gasteiger partial charge in [0.15, 0.2) is 0 Å². The van der Waals surface area contributed by atoms with Crippen LogP contribution in [0.4, 0.5) is 0 Å². The monoisotopic (exact) mass is 253 g/mol.